The van der Waals surface area contributed by atoms with Crippen molar-refractivity contribution in [1.29, 1.82) is 0 Å². The number of rotatable bonds is 2. The standard InChI is InChI=1S/C19H21N5O2/c1-12-5-3-7-14-17(12)21-18(20-14)13-6-4-10-24(11-13)19(26)15-8-9-16(25)23(2)22-15/h3,5,7-9,13H,4,6,10-11H2,1-2H3,(H,20,21)/t13-/m0/s1. The molecule has 134 valence electrons. The molecule has 0 unspecified atom stereocenters. The molecule has 0 aliphatic carbocycles. The van der Waals surface area contributed by atoms with E-state index in [2.05, 4.69) is 23.1 Å². The summed E-state index contributed by atoms with van der Waals surface area (Å²) < 4.78 is 1.19. The molecule has 1 amide bonds. The molecule has 7 nitrogen and oxygen atoms in total. The molecule has 1 saturated heterocycles. The first-order valence-corrected chi connectivity index (χ1v) is 8.82. The third kappa shape index (κ3) is 2.89. The first kappa shape index (κ1) is 16.5. The molecule has 4 rings (SSSR count). The maximum absolute atomic E-state index is 12.8. The Hall–Kier alpha value is -2.96. The molecule has 0 spiro atoms. The van der Waals surface area contributed by atoms with Gasteiger partial charge in [0, 0.05) is 32.1 Å². The van der Waals surface area contributed by atoms with Crippen LogP contribution < -0.4 is 5.56 Å². The maximum atomic E-state index is 12.8. The van der Waals surface area contributed by atoms with Gasteiger partial charge in [0.05, 0.1) is 11.0 Å². The Bertz CT molecular complexity index is 1040. The van der Waals surface area contributed by atoms with E-state index >= 15 is 0 Å². The lowest BCUT2D eigenvalue weighted by Crippen LogP contribution is -2.40. The molecule has 0 bridgehead atoms. The lowest BCUT2D eigenvalue weighted by Gasteiger charge is -2.31. The van der Waals surface area contributed by atoms with E-state index in [9.17, 15) is 9.59 Å². The Morgan fingerprint density at radius 2 is 2.12 bits per heavy atom. The topological polar surface area (TPSA) is 83.9 Å². The Labute approximate surface area is 150 Å². The van der Waals surface area contributed by atoms with Crippen molar-refractivity contribution in [1.82, 2.24) is 24.6 Å². The number of para-hydroxylation sites is 1. The number of fused-ring (bicyclic) bond motifs is 1. The van der Waals surface area contributed by atoms with E-state index < -0.39 is 0 Å². The number of likely N-dealkylation sites (tertiary alicyclic amines) is 1. The van der Waals surface area contributed by atoms with Crippen LogP contribution in [0.4, 0.5) is 0 Å². The van der Waals surface area contributed by atoms with Crippen molar-refractivity contribution in [3.8, 4) is 0 Å². The average Bonchev–Trinajstić information content (AvgIpc) is 3.09. The summed E-state index contributed by atoms with van der Waals surface area (Å²) in [6.45, 7) is 3.34. The fourth-order valence-corrected chi connectivity index (χ4v) is 3.55. The number of imidazole rings is 1. The number of H-pyrrole nitrogens is 1. The molecule has 0 radical (unpaired) electrons. The first-order chi connectivity index (χ1) is 12.5. The van der Waals surface area contributed by atoms with Crippen molar-refractivity contribution in [3.05, 3.63) is 57.8 Å². The fraction of sp³-hybridized carbons (Fsp3) is 0.368. The number of amides is 1. The predicted octanol–water partition coefficient (Wildman–Crippen LogP) is 1.98. The van der Waals surface area contributed by atoms with E-state index in [1.807, 2.05) is 12.1 Å². The number of aryl methyl sites for hydroxylation is 2. The van der Waals surface area contributed by atoms with Gasteiger partial charge in [-0.15, -0.1) is 0 Å². The van der Waals surface area contributed by atoms with E-state index in [0.717, 1.165) is 35.3 Å². The van der Waals surface area contributed by atoms with Gasteiger partial charge in [-0.3, -0.25) is 9.59 Å². The highest BCUT2D eigenvalue weighted by molar-refractivity contribution is 5.92. The van der Waals surface area contributed by atoms with Crippen molar-refractivity contribution in [2.24, 2.45) is 7.05 Å². The second-order valence-corrected chi connectivity index (χ2v) is 6.86. The quantitative estimate of drug-likeness (QED) is 0.765. The van der Waals surface area contributed by atoms with Gasteiger partial charge < -0.3 is 9.88 Å². The third-order valence-electron chi connectivity index (χ3n) is 5.01. The zero-order chi connectivity index (χ0) is 18.3. The summed E-state index contributed by atoms with van der Waals surface area (Å²) in [5.41, 5.74) is 3.24. The van der Waals surface area contributed by atoms with E-state index in [1.54, 1.807) is 11.9 Å². The van der Waals surface area contributed by atoms with Crippen LogP contribution in [0.3, 0.4) is 0 Å². The molecule has 1 fully saturated rings. The van der Waals surface area contributed by atoms with Gasteiger partial charge in [0.1, 0.15) is 11.5 Å². The summed E-state index contributed by atoms with van der Waals surface area (Å²) >= 11 is 0. The van der Waals surface area contributed by atoms with Crippen LogP contribution in [0.15, 0.2) is 35.1 Å². The largest absolute Gasteiger partial charge is 0.342 e. The summed E-state index contributed by atoms with van der Waals surface area (Å²) in [6, 6.07) is 8.97. The molecule has 1 aromatic carbocycles. The molecule has 1 N–H and O–H groups in total. The third-order valence-corrected chi connectivity index (χ3v) is 5.01. The number of hydrogen-bond acceptors (Lipinski definition) is 4. The van der Waals surface area contributed by atoms with E-state index in [0.29, 0.717) is 18.8 Å². The number of carbonyl (C=O) groups excluding carboxylic acids is 1. The smallest absolute Gasteiger partial charge is 0.274 e. The summed E-state index contributed by atoms with van der Waals surface area (Å²) in [5.74, 6) is 0.963. The van der Waals surface area contributed by atoms with Gasteiger partial charge >= 0.3 is 0 Å². The number of benzene rings is 1. The summed E-state index contributed by atoms with van der Waals surface area (Å²) in [5, 5.41) is 4.08. The number of aromatic nitrogens is 4. The van der Waals surface area contributed by atoms with Crippen LogP contribution >= 0.6 is 0 Å². The van der Waals surface area contributed by atoms with Crippen molar-refractivity contribution >= 4 is 16.9 Å². The minimum Gasteiger partial charge on any atom is -0.342 e. The Morgan fingerprint density at radius 3 is 2.88 bits per heavy atom. The average molecular weight is 351 g/mol. The monoisotopic (exact) mass is 351 g/mol. The lowest BCUT2D eigenvalue weighted by atomic mass is 9.97. The van der Waals surface area contributed by atoms with E-state index in [4.69, 9.17) is 4.98 Å². The molecule has 26 heavy (non-hydrogen) atoms. The zero-order valence-corrected chi connectivity index (χ0v) is 14.9. The van der Waals surface area contributed by atoms with Crippen molar-refractivity contribution in [3.63, 3.8) is 0 Å². The van der Waals surface area contributed by atoms with Gasteiger partial charge in [-0.25, -0.2) is 9.67 Å². The molecular weight excluding hydrogens is 330 g/mol. The molecule has 1 atom stereocenters. The predicted molar refractivity (Wildman–Crippen MR) is 98.2 cm³/mol. The van der Waals surface area contributed by atoms with Crippen molar-refractivity contribution in [2.75, 3.05) is 13.1 Å². The summed E-state index contributed by atoms with van der Waals surface area (Å²) in [6.07, 6.45) is 1.90. The van der Waals surface area contributed by atoms with Gasteiger partial charge in [0.25, 0.3) is 11.5 Å². The van der Waals surface area contributed by atoms with Crippen LogP contribution in [0, 0.1) is 6.92 Å². The summed E-state index contributed by atoms with van der Waals surface area (Å²) in [4.78, 5) is 34.3. The minimum atomic E-state index is -0.226. The number of piperidine rings is 1. The van der Waals surface area contributed by atoms with Gasteiger partial charge in [0.15, 0.2) is 0 Å². The van der Waals surface area contributed by atoms with Crippen molar-refractivity contribution in [2.45, 2.75) is 25.7 Å². The Balaban J connectivity index is 1.58. The molecule has 3 heterocycles. The van der Waals surface area contributed by atoms with Crippen LogP contribution in [0.2, 0.25) is 0 Å². The van der Waals surface area contributed by atoms with Crippen LogP contribution in [0.25, 0.3) is 11.0 Å². The molecule has 3 aromatic rings. The molecule has 1 aliphatic heterocycles. The normalized spacial score (nSPS) is 17.6. The minimum absolute atomic E-state index is 0.141. The number of carbonyl (C=O) groups is 1. The number of hydrogen-bond donors (Lipinski definition) is 1. The zero-order valence-electron chi connectivity index (χ0n) is 14.9. The molecule has 2 aromatic heterocycles. The molecule has 7 heteroatoms. The Morgan fingerprint density at radius 1 is 1.27 bits per heavy atom. The molecule has 0 saturated carbocycles. The highest BCUT2D eigenvalue weighted by Gasteiger charge is 2.28. The second kappa shape index (κ2) is 6.40. The van der Waals surface area contributed by atoms with Gasteiger partial charge in [-0.1, -0.05) is 12.1 Å². The number of nitrogens with zero attached hydrogens (tertiary/aromatic N) is 4. The van der Waals surface area contributed by atoms with Crippen molar-refractivity contribution < 1.29 is 4.79 Å². The molecular formula is C19H21N5O2. The number of aromatic amines is 1. The highest BCUT2D eigenvalue weighted by Crippen LogP contribution is 2.28. The van der Waals surface area contributed by atoms with Crippen LogP contribution in [0.1, 0.15) is 40.6 Å². The van der Waals surface area contributed by atoms with Crippen LogP contribution in [-0.2, 0) is 7.05 Å². The fourth-order valence-electron chi connectivity index (χ4n) is 3.55. The van der Waals surface area contributed by atoms with Crippen LogP contribution in [0.5, 0.6) is 0 Å². The van der Waals surface area contributed by atoms with Gasteiger partial charge in [-0.2, -0.15) is 5.10 Å². The van der Waals surface area contributed by atoms with Crippen LogP contribution in [-0.4, -0.2) is 43.6 Å². The number of nitrogens with one attached hydrogen (secondary N) is 1. The van der Waals surface area contributed by atoms with E-state index in [-0.39, 0.29) is 17.4 Å². The molecule has 1 aliphatic rings. The van der Waals surface area contributed by atoms with Gasteiger partial charge in [0.2, 0.25) is 0 Å². The second-order valence-electron chi connectivity index (χ2n) is 6.86. The van der Waals surface area contributed by atoms with E-state index in [1.165, 1.54) is 16.8 Å². The van der Waals surface area contributed by atoms with Gasteiger partial charge in [-0.05, 0) is 37.5 Å². The lowest BCUT2D eigenvalue weighted by molar-refractivity contribution is 0.0696. The maximum Gasteiger partial charge on any atom is 0.274 e. The first-order valence-electron chi connectivity index (χ1n) is 8.82. The SMILES string of the molecule is Cc1cccc2[nH]c([C@H]3CCCN(C(=O)c4ccc(=O)n(C)n4)C3)nc12. The highest BCUT2D eigenvalue weighted by atomic mass is 16.2. The Kier molecular flexibility index (Phi) is 4.06. The summed E-state index contributed by atoms with van der Waals surface area (Å²) in [7, 11) is 1.55.